The van der Waals surface area contributed by atoms with Crippen molar-refractivity contribution in [2.45, 2.75) is 12.8 Å². The van der Waals surface area contributed by atoms with Crippen molar-refractivity contribution in [3.05, 3.63) is 44.7 Å². The molecule has 1 saturated heterocycles. The summed E-state index contributed by atoms with van der Waals surface area (Å²) in [5, 5.41) is 3.76. The van der Waals surface area contributed by atoms with Crippen LogP contribution in [0, 0.1) is 5.92 Å². The summed E-state index contributed by atoms with van der Waals surface area (Å²) in [6.45, 7) is 2.39. The fourth-order valence-corrected chi connectivity index (χ4v) is 3.57. The first-order chi connectivity index (χ1) is 11.1. The predicted molar refractivity (Wildman–Crippen MR) is 102 cm³/mol. The van der Waals surface area contributed by atoms with Crippen LogP contribution in [0.15, 0.2) is 33.5 Å². The van der Waals surface area contributed by atoms with Crippen LogP contribution in [-0.2, 0) is 0 Å². The van der Waals surface area contributed by atoms with Crippen LogP contribution in [0.5, 0.6) is 0 Å². The van der Waals surface area contributed by atoms with Crippen LogP contribution in [0.3, 0.4) is 0 Å². The van der Waals surface area contributed by atoms with E-state index in [0.717, 1.165) is 36.9 Å². The molecule has 1 fully saturated rings. The van der Waals surface area contributed by atoms with Gasteiger partial charge in [-0.3, -0.25) is 9.59 Å². The van der Waals surface area contributed by atoms with E-state index in [0.29, 0.717) is 22.5 Å². The molecule has 0 radical (unpaired) electrons. The first-order valence-electron chi connectivity index (χ1n) is 7.85. The number of benzene rings is 1. The van der Waals surface area contributed by atoms with Gasteiger partial charge in [0.05, 0.1) is 0 Å². The van der Waals surface area contributed by atoms with Crippen molar-refractivity contribution in [2.24, 2.45) is 5.92 Å². The summed E-state index contributed by atoms with van der Waals surface area (Å²) >= 11 is 3.36. The van der Waals surface area contributed by atoms with Gasteiger partial charge in [-0.25, -0.2) is 0 Å². The number of halogens is 2. The normalized spacial score (nSPS) is 17.6. The van der Waals surface area contributed by atoms with E-state index in [1.165, 1.54) is 6.07 Å². The van der Waals surface area contributed by atoms with Crippen molar-refractivity contribution >= 4 is 45.1 Å². The Bertz CT molecular complexity index is 791. The number of hydrogen-bond acceptors (Lipinski definition) is 3. The maximum absolute atomic E-state index is 12.7. The third kappa shape index (κ3) is 3.99. The van der Waals surface area contributed by atoms with Gasteiger partial charge >= 0.3 is 0 Å². The number of hydrogen-bond donors (Lipinski definition) is 2. The Morgan fingerprint density at radius 2 is 2.21 bits per heavy atom. The predicted octanol–water partition coefficient (Wildman–Crippen LogP) is 2.78. The van der Waals surface area contributed by atoms with Crippen LogP contribution in [0.25, 0.3) is 10.9 Å². The number of likely N-dealkylation sites (tertiary alicyclic amines) is 1. The summed E-state index contributed by atoms with van der Waals surface area (Å²) in [5.41, 5.74) is 0.926. The van der Waals surface area contributed by atoms with E-state index in [1.54, 1.807) is 6.07 Å². The van der Waals surface area contributed by atoms with Gasteiger partial charge in [-0.1, -0.05) is 15.9 Å². The number of H-pyrrole nitrogens is 1. The van der Waals surface area contributed by atoms with Crippen LogP contribution in [0.2, 0.25) is 0 Å². The molecule has 1 aromatic carbocycles. The smallest absolute Gasteiger partial charge is 0.270 e. The third-order valence-electron chi connectivity index (χ3n) is 4.32. The molecule has 0 bridgehead atoms. The van der Waals surface area contributed by atoms with E-state index in [9.17, 15) is 9.59 Å². The molecule has 1 unspecified atom stereocenters. The van der Waals surface area contributed by atoms with E-state index in [2.05, 4.69) is 26.2 Å². The maximum atomic E-state index is 12.7. The standard InChI is InChI=1S/C17H20BrN3O2.ClH/c1-19-9-11-3-2-6-21(10-11)17(23)15-8-16(22)13-7-12(18)4-5-14(13)20-15;/h4-5,7-8,11,19H,2-3,6,9-10H2,1H3,(H,20,22);1H. The van der Waals surface area contributed by atoms with Crippen molar-refractivity contribution in [2.75, 3.05) is 26.7 Å². The number of nitrogens with zero attached hydrogens (tertiary/aromatic N) is 1. The molecule has 1 aliphatic heterocycles. The lowest BCUT2D eigenvalue weighted by molar-refractivity contribution is 0.0668. The highest BCUT2D eigenvalue weighted by molar-refractivity contribution is 9.10. The molecule has 1 aromatic heterocycles. The van der Waals surface area contributed by atoms with Gasteiger partial charge in [0.15, 0.2) is 5.43 Å². The third-order valence-corrected chi connectivity index (χ3v) is 4.81. The highest BCUT2D eigenvalue weighted by atomic mass is 79.9. The van der Waals surface area contributed by atoms with Gasteiger partial charge in [-0.05, 0) is 50.6 Å². The van der Waals surface area contributed by atoms with Crippen molar-refractivity contribution in [3.63, 3.8) is 0 Å². The number of rotatable bonds is 3. The lowest BCUT2D eigenvalue weighted by Gasteiger charge is -2.32. The number of nitrogens with one attached hydrogen (secondary N) is 2. The maximum Gasteiger partial charge on any atom is 0.270 e. The quantitative estimate of drug-likeness (QED) is 0.812. The van der Waals surface area contributed by atoms with Gasteiger partial charge < -0.3 is 15.2 Å². The number of fused-ring (bicyclic) bond motifs is 1. The van der Waals surface area contributed by atoms with Gasteiger partial charge in [0.2, 0.25) is 0 Å². The lowest BCUT2D eigenvalue weighted by Crippen LogP contribution is -2.43. The Labute approximate surface area is 155 Å². The number of amides is 1. The highest BCUT2D eigenvalue weighted by Crippen LogP contribution is 2.19. The molecule has 0 spiro atoms. The number of aromatic amines is 1. The zero-order valence-electron chi connectivity index (χ0n) is 13.5. The summed E-state index contributed by atoms with van der Waals surface area (Å²) in [6, 6.07) is 6.86. The zero-order valence-corrected chi connectivity index (χ0v) is 15.9. The Morgan fingerprint density at radius 3 is 2.96 bits per heavy atom. The minimum atomic E-state index is -0.132. The molecule has 3 rings (SSSR count). The van der Waals surface area contributed by atoms with Crippen molar-refractivity contribution in [1.29, 1.82) is 0 Å². The Hall–Kier alpha value is -1.37. The van der Waals surface area contributed by atoms with Gasteiger partial charge in [-0.2, -0.15) is 0 Å². The van der Waals surface area contributed by atoms with E-state index < -0.39 is 0 Å². The second-order valence-corrected chi connectivity index (χ2v) is 6.97. The molecule has 7 heteroatoms. The molecule has 5 nitrogen and oxygen atoms in total. The Kier molecular flexibility index (Phi) is 6.43. The van der Waals surface area contributed by atoms with Crippen LogP contribution in [-0.4, -0.2) is 42.5 Å². The summed E-state index contributed by atoms with van der Waals surface area (Å²) in [5.74, 6) is 0.383. The highest BCUT2D eigenvalue weighted by Gasteiger charge is 2.25. The summed E-state index contributed by atoms with van der Waals surface area (Å²) in [4.78, 5) is 30.0. The largest absolute Gasteiger partial charge is 0.350 e. The van der Waals surface area contributed by atoms with Gasteiger partial charge in [0.1, 0.15) is 5.69 Å². The Balaban J connectivity index is 0.00000208. The molecule has 0 aliphatic carbocycles. The first kappa shape index (κ1) is 19.0. The van der Waals surface area contributed by atoms with Gasteiger partial charge in [-0.15, -0.1) is 12.4 Å². The minimum absolute atomic E-state index is 0. The fourth-order valence-electron chi connectivity index (χ4n) is 3.21. The number of aromatic nitrogens is 1. The van der Waals surface area contributed by atoms with Crippen molar-refractivity contribution in [1.82, 2.24) is 15.2 Å². The summed E-state index contributed by atoms with van der Waals surface area (Å²) in [7, 11) is 1.93. The number of carbonyl (C=O) groups excluding carboxylic acids is 1. The first-order valence-corrected chi connectivity index (χ1v) is 8.64. The second-order valence-electron chi connectivity index (χ2n) is 6.05. The summed E-state index contributed by atoms with van der Waals surface area (Å²) in [6.07, 6.45) is 2.13. The second kappa shape index (κ2) is 8.14. The van der Waals surface area contributed by atoms with Crippen molar-refractivity contribution < 1.29 is 4.79 Å². The van der Waals surface area contributed by atoms with E-state index in [-0.39, 0.29) is 23.7 Å². The molecular formula is C17H21BrClN3O2. The molecule has 0 saturated carbocycles. The Morgan fingerprint density at radius 1 is 1.42 bits per heavy atom. The van der Waals surface area contributed by atoms with E-state index in [1.807, 2.05) is 24.1 Å². The number of pyridine rings is 1. The number of carbonyl (C=O) groups is 1. The molecule has 130 valence electrons. The molecule has 2 N–H and O–H groups in total. The van der Waals surface area contributed by atoms with E-state index in [4.69, 9.17) is 0 Å². The zero-order chi connectivity index (χ0) is 16.4. The lowest BCUT2D eigenvalue weighted by atomic mass is 9.97. The molecule has 1 amide bonds. The molecule has 1 aliphatic rings. The van der Waals surface area contributed by atoms with Crippen LogP contribution in [0.4, 0.5) is 0 Å². The van der Waals surface area contributed by atoms with Crippen LogP contribution in [0.1, 0.15) is 23.3 Å². The van der Waals surface area contributed by atoms with Crippen LogP contribution < -0.4 is 10.7 Å². The van der Waals surface area contributed by atoms with Crippen LogP contribution >= 0.6 is 28.3 Å². The molecule has 2 heterocycles. The van der Waals surface area contributed by atoms with E-state index >= 15 is 0 Å². The van der Waals surface area contributed by atoms with Gasteiger partial charge in [0.25, 0.3) is 5.91 Å². The fraction of sp³-hybridized carbons (Fsp3) is 0.412. The molecule has 2 aromatic rings. The SMILES string of the molecule is CNCC1CCCN(C(=O)c2cc(=O)c3cc(Br)ccc3[nH]2)C1.Cl. The molecular weight excluding hydrogens is 394 g/mol. The average Bonchev–Trinajstić information content (AvgIpc) is 2.55. The van der Waals surface area contributed by atoms with Crippen molar-refractivity contribution in [3.8, 4) is 0 Å². The average molecular weight is 415 g/mol. The molecule has 24 heavy (non-hydrogen) atoms. The minimum Gasteiger partial charge on any atom is -0.350 e. The van der Waals surface area contributed by atoms with Gasteiger partial charge in [0, 0.05) is 34.5 Å². The molecule has 1 atom stereocenters. The topological polar surface area (TPSA) is 65.2 Å². The number of piperidine rings is 1. The summed E-state index contributed by atoms with van der Waals surface area (Å²) < 4.78 is 0.848. The monoisotopic (exact) mass is 413 g/mol.